The van der Waals surface area contributed by atoms with E-state index in [0.29, 0.717) is 5.89 Å². The second-order valence-electron chi connectivity index (χ2n) is 12.3. The molecule has 0 aliphatic carbocycles. The highest BCUT2D eigenvalue weighted by Crippen LogP contribution is 2.47. The quantitative estimate of drug-likeness (QED) is 0.172. The summed E-state index contributed by atoms with van der Waals surface area (Å²) in [5.74, 6) is 0.605. The molecule has 230 valence electrons. The summed E-state index contributed by atoms with van der Waals surface area (Å²) in [5.41, 5.74) is 11.9. The summed E-state index contributed by atoms with van der Waals surface area (Å²) in [5, 5.41) is 4.13. The van der Waals surface area contributed by atoms with Gasteiger partial charge in [-0.15, -0.1) is 0 Å². The van der Waals surface area contributed by atoms with Crippen LogP contribution in [0.4, 0.5) is 17.1 Å². The number of rotatable bonds is 6. The van der Waals surface area contributed by atoms with E-state index in [1.165, 1.54) is 16.7 Å². The molecule has 0 aliphatic rings. The molecule has 0 N–H and O–H groups in total. The zero-order valence-corrected chi connectivity index (χ0v) is 26.4. The van der Waals surface area contributed by atoms with Crippen molar-refractivity contribution < 1.29 is 8.83 Å². The van der Waals surface area contributed by atoms with Crippen LogP contribution in [-0.2, 0) is 0 Å². The number of aromatic nitrogens is 1. The smallest absolute Gasteiger partial charge is 0.227 e. The molecule has 0 unspecified atom stereocenters. The molecule has 8 aromatic carbocycles. The molecule has 4 heteroatoms. The molecule has 0 saturated heterocycles. The van der Waals surface area contributed by atoms with Gasteiger partial charge in [0.15, 0.2) is 5.58 Å². The van der Waals surface area contributed by atoms with Crippen LogP contribution in [0.2, 0.25) is 0 Å². The van der Waals surface area contributed by atoms with Crippen LogP contribution >= 0.6 is 0 Å². The van der Waals surface area contributed by atoms with Crippen molar-refractivity contribution in [1.82, 2.24) is 4.98 Å². The minimum atomic E-state index is 0.605. The first-order valence-electron chi connectivity index (χ1n) is 16.5. The number of furan rings is 1. The maximum atomic E-state index is 6.59. The summed E-state index contributed by atoms with van der Waals surface area (Å²) in [7, 11) is 0. The maximum Gasteiger partial charge on any atom is 0.227 e. The van der Waals surface area contributed by atoms with Gasteiger partial charge in [-0.25, -0.2) is 4.98 Å². The number of fused-ring (bicyclic) bond motifs is 3. The summed E-state index contributed by atoms with van der Waals surface area (Å²) in [4.78, 5) is 7.42. The van der Waals surface area contributed by atoms with E-state index in [4.69, 9.17) is 13.8 Å². The van der Waals surface area contributed by atoms with Gasteiger partial charge >= 0.3 is 0 Å². The highest BCUT2D eigenvalue weighted by Gasteiger charge is 2.24. The molecule has 0 radical (unpaired) electrons. The van der Waals surface area contributed by atoms with Crippen molar-refractivity contribution in [2.45, 2.75) is 0 Å². The lowest BCUT2D eigenvalue weighted by molar-refractivity contribution is 0.623. The van der Waals surface area contributed by atoms with E-state index in [1.807, 2.05) is 42.5 Å². The lowest BCUT2D eigenvalue weighted by atomic mass is 9.94. The fourth-order valence-corrected chi connectivity index (χ4v) is 7.27. The Kier molecular flexibility index (Phi) is 6.15. The first-order valence-corrected chi connectivity index (χ1v) is 16.5. The van der Waals surface area contributed by atoms with E-state index in [9.17, 15) is 0 Å². The highest BCUT2D eigenvalue weighted by molar-refractivity contribution is 6.32. The molecule has 0 aliphatic heterocycles. The van der Waals surface area contributed by atoms with Crippen LogP contribution in [0, 0.1) is 0 Å². The Morgan fingerprint density at radius 2 is 1.02 bits per heavy atom. The summed E-state index contributed by atoms with van der Waals surface area (Å²) in [6.45, 7) is 0. The van der Waals surface area contributed by atoms with Gasteiger partial charge in [-0.3, -0.25) is 0 Å². The molecule has 0 bridgehead atoms. The van der Waals surface area contributed by atoms with Crippen LogP contribution in [0.25, 0.3) is 77.5 Å². The molecular formula is C45H28N2O2. The van der Waals surface area contributed by atoms with Gasteiger partial charge in [0.2, 0.25) is 5.89 Å². The Morgan fingerprint density at radius 3 is 1.80 bits per heavy atom. The number of hydrogen-bond donors (Lipinski definition) is 0. The molecule has 0 saturated carbocycles. The predicted molar refractivity (Wildman–Crippen MR) is 201 cm³/mol. The lowest BCUT2D eigenvalue weighted by Crippen LogP contribution is -2.10. The average Bonchev–Trinajstić information content (AvgIpc) is 3.79. The zero-order chi connectivity index (χ0) is 32.3. The van der Waals surface area contributed by atoms with Crippen LogP contribution in [0.15, 0.2) is 179 Å². The molecular weight excluding hydrogens is 601 g/mol. The van der Waals surface area contributed by atoms with Crippen molar-refractivity contribution >= 4 is 60.9 Å². The molecule has 0 amide bonds. The second kappa shape index (κ2) is 11.0. The fraction of sp³-hybridized carbons (Fsp3) is 0. The minimum Gasteiger partial charge on any atom is -0.456 e. The summed E-state index contributed by atoms with van der Waals surface area (Å²) < 4.78 is 13.1. The van der Waals surface area contributed by atoms with Crippen LogP contribution < -0.4 is 4.90 Å². The second-order valence-corrected chi connectivity index (χ2v) is 12.3. The molecule has 2 heterocycles. The van der Waals surface area contributed by atoms with Crippen LogP contribution in [0.3, 0.4) is 0 Å². The van der Waals surface area contributed by atoms with E-state index in [-0.39, 0.29) is 0 Å². The van der Waals surface area contributed by atoms with Gasteiger partial charge < -0.3 is 13.7 Å². The largest absolute Gasteiger partial charge is 0.456 e. The topological polar surface area (TPSA) is 42.4 Å². The molecule has 0 fully saturated rings. The van der Waals surface area contributed by atoms with Gasteiger partial charge in [-0.05, 0) is 70.8 Å². The van der Waals surface area contributed by atoms with Crippen molar-refractivity contribution in [3.63, 3.8) is 0 Å². The number of hydrogen-bond acceptors (Lipinski definition) is 4. The average molecular weight is 629 g/mol. The Hall–Kier alpha value is -6.65. The summed E-state index contributed by atoms with van der Waals surface area (Å²) in [6, 6.07) is 59.1. The highest BCUT2D eigenvalue weighted by atomic mass is 16.3. The van der Waals surface area contributed by atoms with Crippen molar-refractivity contribution in [3.8, 4) is 33.7 Å². The van der Waals surface area contributed by atoms with E-state index in [1.54, 1.807) is 0 Å². The van der Waals surface area contributed by atoms with Gasteiger partial charge in [0.1, 0.15) is 16.7 Å². The molecule has 10 rings (SSSR count). The van der Waals surface area contributed by atoms with Gasteiger partial charge in [0.05, 0.1) is 5.69 Å². The van der Waals surface area contributed by atoms with E-state index < -0.39 is 0 Å². The molecule has 2 aromatic heterocycles. The molecule has 0 spiro atoms. The number of benzene rings is 8. The predicted octanol–water partition coefficient (Wildman–Crippen LogP) is 12.8. The molecule has 49 heavy (non-hydrogen) atoms. The first-order chi connectivity index (χ1) is 24.3. The van der Waals surface area contributed by atoms with Crippen molar-refractivity contribution in [1.29, 1.82) is 0 Å². The minimum absolute atomic E-state index is 0.605. The molecule has 4 nitrogen and oxygen atoms in total. The van der Waals surface area contributed by atoms with Gasteiger partial charge in [0.25, 0.3) is 0 Å². The number of anilines is 3. The van der Waals surface area contributed by atoms with E-state index in [2.05, 4.69) is 132 Å². The maximum absolute atomic E-state index is 6.59. The lowest BCUT2D eigenvalue weighted by Gasteiger charge is -2.26. The van der Waals surface area contributed by atoms with Crippen molar-refractivity contribution in [3.05, 3.63) is 170 Å². The van der Waals surface area contributed by atoms with Gasteiger partial charge in [-0.2, -0.15) is 0 Å². The summed E-state index contributed by atoms with van der Waals surface area (Å²) >= 11 is 0. The molecule has 10 aromatic rings. The third kappa shape index (κ3) is 4.42. The summed E-state index contributed by atoms with van der Waals surface area (Å²) in [6.07, 6.45) is 0. The third-order valence-electron chi connectivity index (χ3n) is 9.43. The monoisotopic (exact) mass is 628 g/mol. The van der Waals surface area contributed by atoms with Crippen LogP contribution in [0.1, 0.15) is 0 Å². The Morgan fingerprint density at radius 1 is 0.408 bits per heavy atom. The standard InChI is InChI=1S/C45H28N2O2/c1-4-14-29(15-5-1)35-22-10-11-23-36(35)31-18-12-21-33(26-31)47(32-19-8-3-9-20-32)34-27-38-42-40(28-34)48-39-25-13-24-37(41(39)42)44-43(38)46-45(49-44)30-16-6-2-7-17-30/h1-28H. The van der Waals surface area contributed by atoms with Gasteiger partial charge in [-0.1, -0.05) is 115 Å². The van der Waals surface area contributed by atoms with Gasteiger partial charge in [0, 0.05) is 44.5 Å². The Balaban J connectivity index is 1.22. The van der Waals surface area contributed by atoms with Crippen molar-refractivity contribution in [2.24, 2.45) is 0 Å². The van der Waals surface area contributed by atoms with E-state index >= 15 is 0 Å². The number of nitrogens with zero attached hydrogens (tertiary/aromatic N) is 2. The first kappa shape index (κ1) is 27.5. The zero-order valence-electron chi connectivity index (χ0n) is 26.4. The molecule has 0 atom stereocenters. The Labute approximate surface area is 282 Å². The van der Waals surface area contributed by atoms with Crippen LogP contribution in [-0.4, -0.2) is 4.98 Å². The van der Waals surface area contributed by atoms with Crippen LogP contribution in [0.5, 0.6) is 0 Å². The SMILES string of the molecule is c1ccc(-c2nc3c4cc(N(c5ccccc5)c5cccc(-c6ccccc6-c6ccccc6)c5)cc5oc6cccc(c3o2)c6c54)cc1. The third-order valence-corrected chi connectivity index (χ3v) is 9.43. The fourth-order valence-electron chi connectivity index (χ4n) is 7.27. The van der Waals surface area contributed by atoms with Crippen molar-refractivity contribution in [2.75, 3.05) is 4.90 Å². The van der Waals surface area contributed by atoms with E-state index in [0.717, 1.165) is 72.0 Å². The number of para-hydroxylation sites is 1. The number of oxazole rings is 1. The normalized spacial score (nSPS) is 11.7. The Bertz CT molecular complexity index is 2760.